The fourth-order valence-electron chi connectivity index (χ4n) is 5.33. The molecule has 1 aliphatic rings. The monoisotopic (exact) mass is 597 g/mol. The second kappa shape index (κ2) is 13.4. The van der Waals surface area contributed by atoms with Crippen molar-refractivity contribution in [2.75, 3.05) is 20.2 Å². The largest absolute Gasteiger partial charge is 0.493 e. The van der Waals surface area contributed by atoms with Crippen LogP contribution in [0.1, 0.15) is 66.6 Å². The number of halogens is 1. The Bertz CT molecular complexity index is 1480. The van der Waals surface area contributed by atoms with E-state index in [4.69, 9.17) is 16.3 Å². The van der Waals surface area contributed by atoms with E-state index in [1.165, 1.54) is 0 Å². The van der Waals surface area contributed by atoms with E-state index in [9.17, 15) is 13.2 Å². The minimum absolute atomic E-state index is 0.0559. The fraction of sp³-hybridized carbons (Fsp3) is 0.406. The highest BCUT2D eigenvalue weighted by Crippen LogP contribution is 2.34. The van der Waals surface area contributed by atoms with Gasteiger partial charge in [-0.1, -0.05) is 67.9 Å². The van der Waals surface area contributed by atoms with Crippen LogP contribution in [0.3, 0.4) is 0 Å². The summed E-state index contributed by atoms with van der Waals surface area (Å²) in [5.74, 6) is 1.12. The van der Waals surface area contributed by atoms with E-state index in [1.54, 1.807) is 26.0 Å². The Morgan fingerprint density at radius 1 is 1.07 bits per heavy atom. The zero-order valence-corrected chi connectivity index (χ0v) is 26.0. The molecule has 2 unspecified atom stereocenters. The van der Waals surface area contributed by atoms with E-state index in [0.717, 1.165) is 30.0 Å². The molecule has 3 aromatic carbocycles. The van der Waals surface area contributed by atoms with E-state index in [2.05, 4.69) is 48.0 Å². The molecule has 0 fully saturated rings. The Labute approximate surface area is 249 Å². The van der Waals surface area contributed by atoms with Gasteiger partial charge in [0.1, 0.15) is 5.75 Å². The molecule has 4 rings (SSSR count). The van der Waals surface area contributed by atoms with Gasteiger partial charge in [-0.15, -0.1) is 0 Å². The Balaban J connectivity index is 1.51. The van der Waals surface area contributed by atoms with Gasteiger partial charge in [-0.25, -0.2) is 13.1 Å². The van der Waals surface area contributed by atoms with Gasteiger partial charge >= 0.3 is 0 Å². The van der Waals surface area contributed by atoms with Crippen LogP contribution in [0.5, 0.6) is 5.75 Å². The number of hydrogen-bond donors (Lipinski definition) is 2. The third kappa shape index (κ3) is 8.10. The van der Waals surface area contributed by atoms with Gasteiger partial charge < -0.3 is 15.0 Å². The van der Waals surface area contributed by atoms with Crippen molar-refractivity contribution in [1.29, 1.82) is 0 Å². The summed E-state index contributed by atoms with van der Waals surface area (Å²) in [5, 5.41) is 3.64. The Kier molecular flexibility index (Phi) is 10.1. The third-order valence-corrected chi connectivity index (χ3v) is 9.24. The number of nitrogens with zero attached hydrogens (tertiary/aromatic N) is 1. The maximum atomic E-state index is 13.5. The van der Waals surface area contributed by atoms with Crippen molar-refractivity contribution in [1.82, 2.24) is 14.9 Å². The van der Waals surface area contributed by atoms with Crippen LogP contribution in [0, 0.1) is 19.8 Å². The molecule has 2 N–H and O–H groups in total. The molecule has 0 radical (unpaired) electrons. The first-order valence-electron chi connectivity index (χ1n) is 14.0. The Morgan fingerprint density at radius 3 is 2.51 bits per heavy atom. The summed E-state index contributed by atoms with van der Waals surface area (Å²) in [4.78, 5) is 15.8. The number of nitrogens with one attached hydrogen (secondary N) is 2. The van der Waals surface area contributed by atoms with Gasteiger partial charge in [0, 0.05) is 36.5 Å². The zero-order chi connectivity index (χ0) is 29.7. The SMILES string of the molecule is Cc1cc(S(=O)(=O)NC(CC(=O)NC2CCOc3cc(CN(C)CC(C)C)ccc32)c2ccccc2)c(C)cc1Cl. The number of ether oxygens (including phenoxy) is 1. The van der Waals surface area contributed by atoms with Crippen LogP contribution in [-0.2, 0) is 21.4 Å². The van der Waals surface area contributed by atoms with E-state index >= 15 is 0 Å². The number of rotatable bonds is 11. The van der Waals surface area contributed by atoms with E-state index in [1.807, 2.05) is 36.4 Å². The quantitative estimate of drug-likeness (QED) is 0.279. The number of benzene rings is 3. The molecule has 0 aliphatic carbocycles. The molecule has 1 amide bonds. The van der Waals surface area contributed by atoms with Crippen molar-refractivity contribution in [3.05, 3.63) is 93.5 Å². The summed E-state index contributed by atoms with van der Waals surface area (Å²) in [7, 11) is -1.83. The van der Waals surface area contributed by atoms with Crippen molar-refractivity contribution >= 4 is 27.5 Å². The first-order chi connectivity index (χ1) is 19.4. The highest BCUT2D eigenvalue weighted by atomic mass is 35.5. The Morgan fingerprint density at radius 2 is 1.80 bits per heavy atom. The lowest BCUT2D eigenvalue weighted by Crippen LogP contribution is -2.37. The predicted octanol–water partition coefficient (Wildman–Crippen LogP) is 6.09. The molecule has 1 aliphatic heterocycles. The summed E-state index contributed by atoms with van der Waals surface area (Å²) in [6.07, 6.45) is 0.579. The van der Waals surface area contributed by atoms with Crippen LogP contribution >= 0.6 is 11.6 Å². The highest BCUT2D eigenvalue weighted by molar-refractivity contribution is 7.89. The summed E-state index contributed by atoms with van der Waals surface area (Å²) in [6, 6.07) is 17.6. The van der Waals surface area contributed by atoms with Gasteiger partial charge in [-0.2, -0.15) is 0 Å². The lowest BCUT2D eigenvalue weighted by Gasteiger charge is -2.28. The van der Waals surface area contributed by atoms with Crippen LogP contribution in [0.25, 0.3) is 0 Å². The number of hydrogen-bond acceptors (Lipinski definition) is 5. The predicted molar refractivity (Wildman–Crippen MR) is 164 cm³/mol. The van der Waals surface area contributed by atoms with Crippen LogP contribution in [0.4, 0.5) is 0 Å². The molecule has 41 heavy (non-hydrogen) atoms. The molecule has 3 aromatic rings. The second-order valence-corrected chi connectivity index (χ2v) is 13.5. The van der Waals surface area contributed by atoms with Crippen LogP contribution in [-0.4, -0.2) is 39.4 Å². The second-order valence-electron chi connectivity index (χ2n) is 11.4. The summed E-state index contributed by atoms with van der Waals surface area (Å²) < 4.78 is 35.7. The third-order valence-electron chi connectivity index (χ3n) is 7.22. The van der Waals surface area contributed by atoms with E-state index < -0.39 is 16.1 Å². The molecule has 9 heteroatoms. The van der Waals surface area contributed by atoms with Crippen molar-refractivity contribution in [3.8, 4) is 5.75 Å². The number of sulfonamides is 1. The van der Waals surface area contributed by atoms with E-state index in [-0.39, 0.29) is 23.3 Å². The lowest BCUT2D eigenvalue weighted by molar-refractivity contribution is -0.122. The average molecular weight is 598 g/mol. The van der Waals surface area contributed by atoms with Gasteiger partial charge in [0.05, 0.1) is 23.6 Å². The highest BCUT2D eigenvalue weighted by Gasteiger charge is 2.28. The zero-order valence-electron chi connectivity index (χ0n) is 24.4. The van der Waals surface area contributed by atoms with Gasteiger partial charge in [0.25, 0.3) is 0 Å². The topological polar surface area (TPSA) is 87.7 Å². The molecule has 0 aromatic heterocycles. The Hall–Kier alpha value is -2.91. The minimum atomic E-state index is -3.94. The van der Waals surface area contributed by atoms with E-state index in [0.29, 0.717) is 40.7 Å². The fourth-order valence-corrected chi connectivity index (χ4v) is 7.08. The average Bonchev–Trinajstić information content (AvgIpc) is 2.90. The molecular formula is C32H40ClN3O4S. The molecule has 220 valence electrons. The minimum Gasteiger partial charge on any atom is -0.493 e. The van der Waals surface area contributed by atoms with Gasteiger partial charge in [0.15, 0.2) is 0 Å². The first kappa shape index (κ1) is 31.0. The molecular weight excluding hydrogens is 558 g/mol. The molecule has 0 bridgehead atoms. The molecule has 0 saturated carbocycles. The molecule has 0 saturated heterocycles. The molecule has 0 spiro atoms. The number of fused-ring (bicyclic) bond motifs is 1. The van der Waals surface area contributed by atoms with Crippen LogP contribution in [0.2, 0.25) is 5.02 Å². The van der Waals surface area contributed by atoms with Crippen molar-refractivity contribution in [2.24, 2.45) is 5.92 Å². The van der Waals surface area contributed by atoms with Gasteiger partial charge in [0.2, 0.25) is 15.9 Å². The van der Waals surface area contributed by atoms with Gasteiger partial charge in [-0.05, 0) is 67.3 Å². The number of aryl methyl sites for hydroxylation is 2. The number of carbonyl (C=O) groups excluding carboxylic acids is 1. The van der Waals surface area contributed by atoms with Crippen LogP contribution in [0.15, 0.2) is 65.6 Å². The molecule has 2 atom stereocenters. The van der Waals surface area contributed by atoms with Crippen LogP contribution < -0.4 is 14.8 Å². The van der Waals surface area contributed by atoms with Crippen molar-refractivity contribution < 1.29 is 17.9 Å². The number of amides is 1. The summed E-state index contributed by atoms with van der Waals surface area (Å²) in [6.45, 7) is 10.2. The van der Waals surface area contributed by atoms with Gasteiger partial charge in [-0.3, -0.25) is 4.79 Å². The first-order valence-corrected chi connectivity index (χ1v) is 15.9. The summed E-state index contributed by atoms with van der Waals surface area (Å²) in [5.41, 5.74) is 4.00. The summed E-state index contributed by atoms with van der Waals surface area (Å²) >= 11 is 6.20. The maximum Gasteiger partial charge on any atom is 0.241 e. The molecule has 1 heterocycles. The van der Waals surface area contributed by atoms with Crippen molar-refractivity contribution in [3.63, 3.8) is 0 Å². The standard InChI is InChI=1S/C32H40ClN3O4S/c1-21(2)19-36(5)20-24-11-12-26-28(13-14-40-30(26)17-24)34-32(37)18-29(25-9-7-6-8-10-25)35-41(38,39)31-16-22(3)27(33)15-23(31)4/h6-12,15-17,21,28-29,35H,13-14,18-20H2,1-5H3,(H,34,37). The maximum absolute atomic E-state index is 13.5. The smallest absolute Gasteiger partial charge is 0.241 e. The van der Waals surface area contributed by atoms with Crippen molar-refractivity contribution in [2.45, 2.75) is 64.1 Å². The normalized spacial score (nSPS) is 15.9. The number of carbonyl (C=O) groups is 1. The lowest BCUT2D eigenvalue weighted by atomic mass is 9.97. The molecule has 7 nitrogen and oxygen atoms in total.